The topological polar surface area (TPSA) is 81.8 Å². The molecular weight excluding hydrogens is 296 g/mol. The highest BCUT2D eigenvalue weighted by atomic mass is 16.2. The van der Waals surface area contributed by atoms with Crippen LogP contribution in [0.3, 0.4) is 0 Å². The molecule has 2 atom stereocenters. The first-order chi connectivity index (χ1) is 11.1. The second-order valence-electron chi connectivity index (χ2n) is 6.75. The Hall–Kier alpha value is -1.79. The third kappa shape index (κ3) is 3.28. The second-order valence-corrected chi connectivity index (χ2v) is 6.75. The van der Waals surface area contributed by atoms with E-state index in [1.54, 1.807) is 9.80 Å². The van der Waals surface area contributed by atoms with Crippen molar-refractivity contribution in [2.24, 2.45) is 0 Å². The summed E-state index contributed by atoms with van der Waals surface area (Å²) in [6, 6.07) is -0.812. The van der Waals surface area contributed by atoms with E-state index in [1.807, 2.05) is 6.92 Å². The van der Waals surface area contributed by atoms with Gasteiger partial charge in [0, 0.05) is 19.1 Å². The number of nitrogens with zero attached hydrogens (tertiary/aromatic N) is 2. The van der Waals surface area contributed by atoms with E-state index in [0.717, 1.165) is 25.7 Å². The maximum absolute atomic E-state index is 12.4. The maximum Gasteiger partial charge on any atom is 0.317 e. The van der Waals surface area contributed by atoms with E-state index >= 15 is 0 Å². The standard InChI is InChI=1S/C16H26N4O3/c1-2-12-15(22)20-9-8-19(10-13(20)14(21)18-12)16(23)17-11-6-4-3-5-7-11/h11-13H,2-10H2,1H3,(H,17,23)(H,18,21)/t12-,13+/m0/s1. The SMILES string of the molecule is CC[C@@H]1NC(=O)[C@H]2CN(C(=O)NC3CCCCC3)CCN2C1=O. The summed E-state index contributed by atoms with van der Waals surface area (Å²) in [5.74, 6) is -0.170. The summed E-state index contributed by atoms with van der Waals surface area (Å²) in [6.07, 6.45) is 6.24. The van der Waals surface area contributed by atoms with Crippen LogP contribution in [0.2, 0.25) is 0 Å². The number of nitrogens with one attached hydrogen (secondary N) is 2. The fourth-order valence-electron chi connectivity index (χ4n) is 3.77. The predicted molar refractivity (Wildman–Crippen MR) is 84.7 cm³/mol. The molecule has 2 heterocycles. The molecule has 0 bridgehead atoms. The van der Waals surface area contributed by atoms with Gasteiger partial charge in [0.2, 0.25) is 11.8 Å². The highest BCUT2D eigenvalue weighted by molar-refractivity contribution is 5.97. The molecule has 4 amide bonds. The summed E-state index contributed by atoms with van der Waals surface area (Å²) < 4.78 is 0. The molecular formula is C16H26N4O3. The quantitative estimate of drug-likeness (QED) is 0.774. The summed E-state index contributed by atoms with van der Waals surface area (Å²) in [6.45, 7) is 3.10. The molecule has 1 aliphatic carbocycles. The van der Waals surface area contributed by atoms with Gasteiger partial charge in [-0.2, -0.15) is 0 Å². The average molecular weight is 322 g/mol. The molecule has 128 valence electrons. The number of hydrogen-bond donors (Lipinski definition) is 2. The van der Waals surface area contributed by atoms with E-state index in [2.05, 4.69) is 10.6 Å². The molecule has 0 unspecified atom stereocenters. The molecule has 2 aliphatic heterocycles. The Morgan fingerprint density at radius 2 is 1.96 bits per heavy atom. The van der Waals surface area contributed by atoms with Crippen molar-refractivity contribution in [2.45, 2.75) is 63.6 Å². The number of carbonyl (C=O) groups is 3. The Labute approximate surface area is 136 Å². The van der Waals surface area contributed by atoms with Gasteiger partial charge in [0.05, 0.1) is 6.54 Å². The molecule has 2 saturated heterocycles. The highest BCUT2D eigenvalue weighted by Crippen LogP contribution is 2.20. The van der Waals surface area contributed by atoms with Crippen LogP contribution in [-0.4, -0.2) is 65.4 Å². The monoisotopic (exact) mass is 322 g/mol. The van der Waals surface area contributed by atoms with E-state index in [9.17, 15) is 14.4 Å². The lowest BCUT2D eigenvalue weighted by atomic mass is 9.95. The molecule has 0 radical (unpaired) electrons. The Kier molecular flexibility index (Phi) is 4.73. The average Bonchev–Trinajstić information content (AvgIpc) is 2.58. The molecule has 23 heavy (non-hydrogen) atoms. The number of amides is 4. The van der Waals surface area contributed by atoms with Gasteiger partial charge in [-0.25, -0.2) is 4.79 Å². The largest absolute Gasteiger partial charge is 0.342 e. The summed E-state index contributed by atoms with van der Waals surface area (Å²) in [7, 11) is 0. The maximum atomic E-state index is 12.4. The zero-order valence-corrected chi connectivity index (χ0v) is 13.7. The molecule has 7 nitrogen and oxygen atoms in total. The van der Waals surface area contributed by atoms with Gasteiger partial charge in [0.1, 0.15) is 12.1 Å². The van der Waals surface area contributed by atoms with Gasteiger partial charge in [0.15, 0.2) is 0 Å². The minimum Gasteiger partial charge on any atom is -0.342 e. The molecule has 0 aromatic heterocycles. The number of fused-ring (bicyclic) bond motifs is 1. The van der Waals surface area contributed by atoms with Crippen molar-refractivity contribution in [3.8, 4) is 0 Å². The third-order valence-corrected chi connectivity index (χ3v) is 5.21. The second kappa shape index (κ2) is 6.76. The van der Waals surface area contributed by atoms with Crippen LogP contribution in [-0.2, 0) is 9.59 Å². The van der Waals surface area contributed by atoms with Crippen LogP contribution in [0.15, 0.2) is 0 Å². The summed E-state index contributed by atoms with van der Waals surface area (Å²) >= 11 is 0. The van der Waals surface area contributed by atoms with Crippen LogP contribution < -0.4 is 10.6 Å². The number of hydrogen-bond acceptors (Lipinski definition) is 3. The minimum atomic E-state index is -0.545. The van der Waals surface area contributed by atoms with Crippen molar-refractivity contribution in [2.75, 3.05) is 19.6 Å². The molecule has 3 aliphatic rings. The Morgan fingerprint density at radius 3 is 2.65 bits per heavy atom. The van der Waals surface area contributed by atoms with E-state index in [0.29, 0.717) is 19.5 Å². The van der Waals surface area contributed by atoms with Crippen LogP contribution >= 0.6 is 0 Å². The molecule has 7 heteroatoms. The van der Waals surface area contributed by atoms with E-state index in [4.69, 9.17) is 0 Å². The van der Waals surface area contributed by atoms with Gasteiger partial charge in [-0.3, -0.25) is 9.59 Å². The molecule has 1 saturated carbocycles. The summed E-state index contributed by atoms with van der Waals surface area (Å²) in [5, 5.41) is 5.85. The minimum absolute atomic E-state index is 0.0237. The van der Waals surface area contributed by atoms with Crippen LogP contribution in [0.4, 0.5) is 4.79 Å². The first-order valence-corrected chi connectivity index (χ1v) is 8.76. The fourth-order valence-corrected chi connectivity index (χ4v) is 3.77. The first kappa shape index (κ1) is 16.1. The Bertz CT molecular complexity index is 490. The van der Waals surface area contributed by atoms with Crippen LogP contribution in [0.5, 0.6) is 0 Å². The molecule has 0 aromatic carbocycles. The smallest absolute Gasteiger partial charge is 0.317 e. The number of rotatable bonds is 2. The third-order valence-electron chi connectivity index (χ3n) is 5.21. The lowest BCUT2D eigenvalue weighted by Gasteiger charge is -2.45. The van der Waals surface area contributed by atoms with Crippen LogP contribution in [0.1, 0.15) is 45.4 Å². The lowest BCUT2D eigenvalue weighted by Crippen LogP contribution is -2.70. The summed E-state index contributed by atoms with van der Waals surface area (Å²) in [4.78, 5) is 40.3. The number of piperazine rings is 2. The van der Waals surface area contributed by atoms with Gasteiger partial charge in [0.25, 0.3) is 0 Å². The lowest BCUT2D eigenvalue weighted by molar-refractivity contribution is -0.152. The highest BCUT2D eigenvalue weighted by Gasteiger charge is 2.43. The molecule has 0 spiro atoms. The van der Waals surface area contributed by atoms with Crippen molar-refractivity contribution >= 4 is 17.8 Å². The fraction of sp³-hybridized carbons (Fsp3) is 0.812. The van der Waals surface area contributed by atoms with Crippen molar-refractivity contribution in [1.82, 2.24) is 20.4 Å². The van der Waals surface area contributed by atoms with Crippen LogP contribution in [0, 0.1) is 0 Å². The van der Waals surface area contributed by atoms with E-state index in [1.165, 1.54) is 6.42 Å². The number of urea groups is 1. The van der Waals surface area contributed by atoms with Gasteiger partial charge in [-0.15, -0.1) is 0 Å². The van der Waals surface area contributed by atoms with E-state index in [-0.39, 0.29) is 30.4 Å². The van der Waals surface area contributed by atoms with Crippen molar-refractivity contribution in [3.63, 3.8) is 0 Å². The zero-order valence-electron chi connectivity index (χ0n) is 13.7. The van der Waals surface area contributed by atoms with Gasteiger partial charge < -0.3 is 20.4 Å². The van der Waals surface area contributed by atoms with Crippen molar-refractivity contribution < 1.29 is 14.4 Å². The molecule has 2 N–H and O–H groups in total. The van der Waals surface area contributed by atoms with E-state index < -0.39 is 12.1 Å². The van der Waals surface area contributed by atoms with Gasteiger partial charge in [-0.1, -0.05) is 26.2 Å². The first-order valence-electron chi connectivity index (χ1n) is 8.76. The normalized spacial score (nSPS) is 29.1. The number of carbonyl (C=O) groups excluding carboxylic acids is 3. The van der Waals surface area contributed by atoms with Gasteiger partial charge >= 0.3 is 6.03 Å². The summed E-state index contributed by atoms with van der Waals surface area (Å²) in [5.41, 5.74) is 0. The predicted octanol–water partition coefficient (Wildman–Crippen LogP) is 0.450. The molecule has 3 rings (SSSR count). The van der Waals surface area contributed by atoms with Crippen molar-refractivity contribution in [1.29, 1.82) is 0 Å². The molecule has 0 aromatic rings. The Balaban J connectivity index is 1.59. The molecule has 3 fully saturated rings. The van der Waals surface area contributed by atoms with Gasteiger partial charge in [-0.05, 0) is 19.3 Å². The van der Waals surface area contributed by atoms with Crippen molar-refractivity contribution in [3.05, 3.63) is 0 Å². The van der Waals surface area contributed by atoms with Crippen LogP contribution in [0.25, 0.3) is 0 Å². The zero-order chi connectivity index (χ0) is 16.4. The Morgan fingerprint density at radius 1 is 1.22 bits per heavy atom.